The van der Waals surface area contributed by atoms with E-state index < -0.39 is 0 Å². The van der Waals surface area contributed by atoms with Crippen LogP contribution in [-0.2, 0) is 9.59 Å². The number of hydrogen-bond donors (Lipinski definition) is 1. The van der Waals surface area contributed by atoms with Crippen LogP contribution in [0.1, 0.15) is 27.8 Å². The zero-order chi connectivity index (χ0) is 23.9. The molecule has 0 aliphatic carbocycles. The van der Waals surface area contributed by atoms with Crippen molar-refractivity contribution >= 4 is 34.4 Å². The lowest BCUT2D eigenvalue weighted by molar-refractivity contribution is -0.120. The molecule has 0 fully saturated rings. The van der Waals surface area contributed by atoms with E-state index in [1.807, 2.05) is 101 Å². The number of rotatable bonds is 5. The van der Waals surface area contributed by atoms with E-state index in [1.54, 1.807) is 0 Å². The van der Waals surface area contributed by atoms with Crippen molar-refractivity contribution < 1.29 is 9.59 Å². The average molecular weight is 440 g/mol. The summed E-state index contributed by atoms with van der Waals surface area (Å²) in [5.74, 6) is -0.678. The summed E-state index contributed by atoms with van der Waals surface area (Å²) in [5, 5.41) is 3.28. The number of nitrogens with zero attached hydrogens (tertiary/aromatic N) is 2. The monoisotopic (exact) mass is 439 g/mol. The summed E-state index contributed by atoms with van der Waals surface area (Å²) in [6.07, 6.45) is 0. The quantitative estimate of drug-likeness (QED) is 0.542. The average Bonchev–Trinajstić information content (AvgIpc) is 2.97. The molecule has 33 heavy (non-hydrogen) atoms. The summed E-state index contributed by atoms with van der Waals surface area (Å²) in [7, 11) is 3.90. The van der Waals surface area contributed by atoms with Crippen molar-refractivity contribution in [1.82, 2.24) is 0 Å². The van der Waals surface area contributed by atoms with Gasteiger partial charge in [-0.15, -0.1) is 0 Å². The van der Waals surface area contributed by atoms with Gasteiger partial charge < -0.3 is 10.2 Å². The molecule has 0 saturated carbocycles. The molecule has 0 radical (unpaired) electrons. The van der Waals surface area contributed by atoms with Gasteiger partial charge in [-0.3, -0.25) is 9.59 Å². The normalized spacial score (nSPS) is 13.7. The van der Waals surface area contributed by atoms with Gasteiger partial charge in [-0.2, -0.15) is 0 Å². The van der Waals surface area contributed by atoms with E-state index in [9.17, 15) is 9.59 Å². The number of carbonyl (C=O) groups is 2. The fraction of sp³-hybridized carbons (Fsp3) is 0.214. The van der Waals surface area contributed by atoms with Crippen LogP contribution in [0.25, 0.3) is 5.57 Å². The highest BCUT2D eigenvalue weighted by molar-refractivity contribution is 6.46. The van der Waals surface area contributed by atoms with Gasteiger partial charge in [-0.25, -0.2) is 4.90 Å². The van der Waals surface area contributed by atoms with Crippen LogP contribution in [-0.4, -0.2) is 25.9 Å². The van der Waals surface area contributed by atoms with E-state index in [4.69, 9.17) is 0 Å². The van der Waals surface area contributed by atoms with Crippen LogP contribution >= 0.6 is 0 Å². The molecule has 1 aliphatic rings. The molecular formula is C28H29N3O2. The molecule has 5 nitrogen and oxygen atoms in total. The number of carbonyl (C=O) groups excluding carboxylic acids is 2. The minimum Gasteiger partial charge on any atom is -0.378 e. The second kappa shape index (κ2) is 8.58. The van der Waals surface area contributed by atoms with Crippen molar-refractivity contribution in [2.75, 3.05) is 29.2 Å². The largest absolute Gasteiger partial charge is 0.378 e. The van der Waals surface area contributed by atoms with Gasteiger partial charge in [0.15, 0.2) is 0 Å². The summed E-state index contributed by atoms with van der Waals surface area (Å²) < 4.78 is 0. The molecule has 0 bridgehead atoms. The number of nitrogens with one attached hydrogen (secondary N) is 1. The van der Waals surface area contributed by atoms with E-state index in [2.05, 4.69) is 11.4 Å². The summed E-state index contributed by atoms with van der Waals surface area (Å²) in [4.78, 5) is 30.6. The zero-order valence-corrected chi connectivity index (χ0v) is 20.0. The highest BCUT2D eigenvalue weighted by atomic mass is 16.2. The third-order valence-corrected chi connectivity index (χ3v) is 5.85. The Morgan fingerprint density at radius 3 is 1.94 bits per heavy atom. The van der Waals surface area contributed by atoms with Crippen LogP contribution in [0, 0.1) is 27.7 Å². The van der Waals surface area contributed by atoms with Gasteiger partial charge >= 0.3 is 0 Å². The minimum absolute atomic E-state index is 0.300. The number of imide groups is 1. The molecule has 3 aromatic rings. The number of hydrogen-bond acceptors (Lipinski definition) is 4. The van der Waals surface area contributed by atoms with E-state index in [1.165, 1.54) is 4.90 Å². The van der Waals surface area contributed by atoms with Crippen molar-refractivity contribution in [2.45, 2.75) is 27.7 Å². The first-order valence-electron chi connectivity index (χ1n) is 11.0. The maximum atomic E-state index is 13.7. The molecule has 168 valence electrons. The smallest absolute Gasteiger partial charge is 0.282 e. The van der Waals surface area contributed by atoms with Crippen LogP contribution in [0.2, 0.25) is 0 Å². The molecule has 1 heterocycles. The number of aryl methyl sites for hydroxylation is 4. The van der Waals surface area contributed by atoms with Gasteiger partial charge in [0.25, 0.3) is 11.8 Å². The van der Waals surface area contributed by atoms with Crippen molar-refractivity contribution in [2.24, 2.45) is 0 Å². The molecular weight excluding hydrogens is 410 g/mol. The summed E-state index contributed by atoms with van der Waals surface area (Å²) in [6, 6.07) is 19.4. The number of amides is 2. The molecule has 0 saturated heterocycles. The van der Waals surface area contributed by atoms with Gasteiger partial charge in [0.1, 0.15) is 5.70 Å². The Morgan fingerprint density at radius 1 is 0.727 bits per heavy atom. The molecule has 0 unspecified atom stereocenters. The van der Waals surface area contributed by atoms with Crippen LogP contribution in [0.15, 0.2) is 66.4 Å². The Balaban J connectivity index is 1.83. The Bertz CT molecular complexity index is 1270. The lowest BCUT2D eigenvalue weighted by atomic mass is 9.97. The van der Waals surface area contributed by atoms with E-state index in [0.717, 1.165) is 39.2 Å². The van der Waals surface area contributed by atoms with Gasteiger partial charge in [0.2, 0.25) is 0 Å². The van der Waals surface area contributed by atoms with Gasteiger partial charge in [-0.1, -0.05) is 29.8 Å². The topological polar surface area (TPSA) is 52.7 Å². The molecule has 0 spiro atoms. The maximum absolute atomic E-state index is 13.7. The van der Waals surface area contributed by atoms with Gasteiger partial charge in [-0.05, 0) is 86.3 Å². The van der Waals surface area contributed by atoms with Crippen molar-refractivity contribution in [3.8, 4) is 0 Å². The zero-order valence-electron chi connectivity index (χ0n) is 20.0. The molecule has 0 atom stereocenters. The summed E-state index contributed by atoms with van der Waals surface area (Å²) in [5.41, 5.74) is 8.02. The molecule has 0 aromatic heterocycles. The van der Waals surface area contributed by atoms with Gasteiger partial charge in [0, 0.05) is 25.5 Å². The second-order valence-electron chi connectivity index (χ2n) is 8.93. The SMILES string of the molecule is Cc1cc(C)cc(NC2=C(c3ccc(C)cc3C)C(=O)N(c3ccc(N(C)C)cc3)C2=O)c1. The molecule has 3 aromatic carbocycles. The maximum Gasteiger partial charge on any atom is 0.282 e. The van der Waals surface area contributed by atoms with Crippen LogP contribution in [0.3, 0.4) is 0 Å². The van der Waals surface area contributed by atoms with Crippen molar-refractivity contribution in [1.29, 1.82) is 0 Å². The highest BCUT2D eigenvalue weighted by Gasteiger charge is 2.40. The Labute approximate surface area is 195 Å². The first kappa shape index (κ1) is 22.3. The van der Waals surface area contributed by atoms with Crippen LogP contribution < -0.4 is 15.1 Å². The van der Waals surface area contributed by atoms with Crippen LogP contribution in [0.4, 0.5) is 17.1 Å². The van der Waals surface area contributed by atoms with Crippen molar-refractivity contribution in [3.63, 3.8) is 0 Å². The standard InChI is InChI=1S/C28H29N3O2/c1-17-7-12-24(20(4)14-17)25-26(29-21-15-18(2)13-19(3)16-21)28(33)31(27(25)32)23-10-8-22(9-11-23)30(5)6/h7-16,29H,1-6H3. The second-order valence-corrected chi connectivity index (χ2v) is 8.93. The fourth-order valence-electron chi connectivity index (χ4n) is 4.32. The molecule has 2 amide bonds. The van der Waals surface area contributed by atoms with E-state index in [-0.39, 0.29) is 11.8 Å². The lowest BCUT2D eigenvalue weighted by Crippen LogP contribution is -2.32. The summed E-state index contributed by atoms with van der Waals surface area (Å²) in [6.45, 7) is 8.01. The Morgan fingerprint density at radius 2 is 1.36 bits per heavy atom. The third-order valence-electron chi connectivity index (χ3n) is 5.85. The highest BCUT2D eigenvalue weighted by Crippen LogP contribution is 2.36. The van der Waals surface area contributed by atoms with Crippen LogP contribution in [0.5, 0.6) is 0 Å². The van der Waals surface area contributed by atoms with Crippen molar-refractivity contribution in [3.05, 3.63) is 94.2 Å². The van der Waals surface area contributed by atoms with E-state index in [0.29, 0.717) is 17.0 Å². The third kappa shape index (κ3) is 4.27. The molecule has 1 aliphatic heterocycles. The predicted octanol–water partition coefficient (Wildman–Crippen LogP) is 5.38. The number of benzene rings is 3. The minimum atomic E-state index is -0.355. The van der Waals surface area contributed by atoms with Gasteiger partial charge in [0.05, 0.1) is 11.3 Å². The first-order chi connectivity index (χ1) is 15.7. The predicted molar refractivity (Wildman–Crippen MR) is 136 cm³/mol. The molecule has 4 rings (SSSR count). The fourth-order valence-corrected chi connectivity index (χ4v) is 4.32. The lowest BCUT2D eigenvalue weighted by Gasteiger charge is -2.18. The molecule has 5 heteroatoms. The number of anilines is 3. The Kier molecular flexibility index (Phi) is 5.81. The van der Waals surface area contributed by atoms with E-state index >= 15 is 0 Å². The first-order valence-corrected chi connectivity index (χ1v) is 11.0. The molecule has 1 N–H and O–H groups in total. The summed E-state index contributed by atoms with van der Waals surface area (Å²) >= 11 is 0. The Hall–Kier alpha value is -3.86.